The summed E-state index contributed by atoms with van der Waals surface area (Å²) in [6.07, 6.45) is 6.61. The number of hydrogen-bond acceptors (Lipinski definition) is 2. The van der Waals surface area contributed by atoms with E-state index in [9.17, 15) is 4.79 Å². The van der Waals surface area contributed by atoms with Gasteiger partial charge >= 0.3 is 0 Å². The quantitative estimate of drug-likeness (QED) is 0.675. The summed E-state index contributed by atoms with van der Waals surface area (Å²) in [7, 11) is 0. The number of carbonyl (C=O) groups excluding carboxylic acids is 1. The Kier molecular flexibility index (Phi) is 6.46. The SMILES string of the molecule is CCCCCC(=O)N(CC)CC1CCCN1. The second kappa shape index (κ2) is 7.66. The predicted octanol–water partition coefficient (Wildman–Crippen LogP) is 2.17. The van der Waals surface area contributed by atoms with E-state index in [4.69, 9.17) is 0 Å². The van der Waals surface area contributed by atoms with Crippen molar-refractivity contribution in [2.45, 2.75) is 58.4 Å². The highest BCUT2D eigenvalue weighted by atomic mass is 16.2. The summed E-state index contributed by atoms with van der Waals surface area (Å²) < 4.78 is 0. The molecule has 0 spiro atoms. The molecule has 0 bridgehead atoms. The van der Waals surface area contributed by atoms with Gasteiger partial charge in [-0.05, 0) is 32.7 Å². The van der Waals surface area contributed by atoms with Crippen LogP contribution in [0.3, 0.4) is 0 Å². The molecule has 1 rings (SSSR count). The van der Waals surface area contributed by atoms with Crippen molar-refractivity contribution >= 4 is 5.91 Å². The van der Waals surface area contributed by atoms with Crippen LogP contribution < -0.4 is 5.32 Å². The van der Waals surface area contributed by atoms with Crippen molar-refractivity contribution in [1.29, 1.82) is 0 Å². The molecule has 3 heteroatoms. The Labute approximate surface area is 99.6 Å². The summed E-state index contributed by atoms with van der Waals surface area (Å²) in [5.74, 6) is 0.338. The smallest absolute Gasteiger partial charge is 0.222 e. The van der Waals surface area contributed by atoms with Crippen molar-refractivity contribution in [3.63, 3.8) is 0 Å². The molecule has 0 aliphatic carbocycles. The normalized spacial score (nSPS) is 20.0. The van der Waals surface area contributed by atoms with Crippen LogP contribution in [-0.2, 0) is 4.79 Å². The van der Waals surface area contributed by atoms with Gasteiger partial charge < -0.3 is 10.2 Å². The van der Waals surface area contributed by atoms with Gasteiger partial charge in [-0.25, -0.2) is 0 Å². The zero-order valence-corrected chi connectivity index (χ0v) is 10.8. The molecule has 1 fully saturated rings. The average Bonchev–Trinajstić information content (AvgIpc) is 2.78. The van der Waals surface area contributed by atoms with Crippen LogP contribution in [0.4, 0.5) is 0 Å². The first kappa shape index (κ1) is 13.5. The molecule has 1 unspecified atom stereocenters. The summed E-state index contributed by atoms with van der Waals surface area (Å²) in [5, 5.41) is 3.45. The van der Waals surface area contributed by atoms with Gasteiger partial charge in [0.25, 0.3) is 0 Å². The molecular weight excluding hydrogens is 200 g/mol. The molecule has 1 N–H and O–H groups in total. The van der Waals surface area contributed by atoms with Gasteiger partial charge in [0.15, 0.2) is 0 Å². The molecule has 0 radical (unpaired) electrons. The van der Waals surface area contributed by atoms with E-state index in [1.54, 1.807) is 0 Å². The fraction of sp³-hybridized carbons (Fsp3) is 0.923. The van der Waals surface area contributed by atoms with Crippen molar-refractivity contribution in [2.75, 3.05) is 19.6 Å². The van der Waals surface area contributed by atoms with Crippen molar-refractivity contribution in [3.05, 3.63) is 0 Å². The summed E-state index contributed by atoms with van der Waals surface area (Å²) in [4.78, 5) is 13.9. The zero-order valence-electron chi connectivity index (χ0n) is 10.8. The molecular formula is C13H26N2O. The van der Waals surface area contributed by atoms with E-state index in [-0.39, 0.29) is 0 Å². The molecule has 1 saturated heterocycles. The Morgan fingerprint density at radius 2 is 2.19 bits per heavy atom. The van der Waals surface area contributed by atoms with Gasteiger partial charge in [-0.2, -0.15) is 0 Å². The van der Waals surface area contributed by atoms with Crippen molar-refractivity contribution in [1.82, 2.24) is 10.2 Å². The first-order valence-corrected chi connectivity index (χ1v) is 6.79. The lowest BCUT2D eigenvalue weighted by atomic mass is 10.1. The van der Waals surface area contributed by atoms with E-state index in [0.717, 1.165) is 32.5 Å². The Morgan fingerprint density at radius 3 is 2.75 bits per heavy atom. The number of likely N-dealkylation sites (N-methyl/N-ethyl adjacent to an activating group) is 1. The first-order chi connectivity index (χ1) is 7.77. The molecule has 94 valence electrons. The fourth-order valence-corrected chi connectivity index (χ4v) is 2.27. The van der Waals surface area contributed by atoms with Gasteiger partial charge in [0, 0.05) is 25.6 Å². The van der Waals surface area contributed by atoms with E-state index < -0.39 is 0 Å². The third kappa shape index (κ3) is 4.52. The van der Waals surface area contributed by atoms with Crippen LogP contribution >= 0.6 is 0 Å². The molecule has 1 aliphatic heterocycles. The Morgan fingerprint density at radius 1 is 1.38 bits per heavy atom. The summed E-state index contributed by atoms with van der Waals surface area (Å²) in [6.45, 7) is 7.12. The maximum atomic E-state index is 11.9. The Hall–Kier alpha value is -0.570. The van der Waals surface area contributed by atoms with Crippen LogP contribution in [-0.4, -0.2) is 36.5 Å². The van der Waals surface area contributed by atoms with Crippen LogP contribution in [0.2, 0.25) is 0 Å². The van der Waals surface area contributed by atoms with Crippen molar-refractivity contribution in [3.8, 4) is 0 Å². The van der Waals surface area contributed by atoms with Crippen LogP contribution in [0.1, 0.15) is 52.4 Å². The lowest BCUT2D eigenvalue weighted by molar-refractivity contribution is -0.131. The lowest BCUT2D eigenvalue weighted by Crippen LogP contribution is -2.40. The number of nitrogens with zero attached hydrogens (tertiary/aromatic N) is 1. The van der Waals surface area contributed by atoms with Gasteiger partial charge in [0.2, 0.25) is 5.91 Å². The van der Waals surface area contributed by atoms with E-state index in [0.29, 0.717) is 11.9 Å². The number of carbonyl (C=O) groups is 1. The topological polar surface area (TPSA) is 32.3 Å². The largest absolute Gasteiger partial charge is 0.341 e. The maximum absolute atomic E-state index is 11.9. The van der Waals surface area contributed by atoms with Crippen molar-refractivity contribution < 1.29 is 4.79 Å². The predicted molar refractivity (Wildman–Crippen MR) is 67.4 cm³/mol. The molecule has 3 nitrogen and oxygen atoms in total. The van der Waals surface area contributed by atoms with E-state index in [1.165, 1.54) is 25.7 Å². The fourth-order valence-electron chi connectivity index (χ4n) is 2.27. The van der Waals surface area contributed by atoms with E-state index >= 15 is 0 Å². The summed E-state index contributed by atoms with van der Waals surface area (Å²) >= 11 is 0. The number of unbranched alkanes of at least 4 members (excludes halogenated alkanes) is 2. The van der Waals surface area contributed by atoms with Crippen molar-refractivity contribution in [2.24, 2.45) is 0 Å². The first-order valence-electron chi connectivity index (χ1n) is 6.79. The maximum Gasteiger partial charge on any atom is 0.222 e. The molecule has 1 aliphatic rings. The minimum Gasteiger partial charge on any atom is -0.341 e. The summed E-state index contributed by atoms with van der Waals surface area (Å²) in [5.41, 5.74) is 0. The molecule has 0 aromatic rings. The number of hydrogen-bond donors (Lipinski definition) is 1. The minimum atomic E-state index is 0.338. The monoisotopic (exact) mass is 226 g/mol. The highest BCUT2D eigenvalue weighted by molar-refractivity contribution is 5.76. The third-order valence-electron chi connectivity index (χ3n) is 3.33. The standard InChI is InChI=1S/C13H26N2O/c1-3-5-6-9-13(16)15(4-2)11-12-8-7-10-14-12/h12,14H,3-11H2,1-2H3. The zero-order chi connectivity index (χ0) is 11.8. The Balaban J connectivity index is 2.25. The second-order valence-electron chi connectivity index (χ2n) is 4.68. The van der Waals surface area contributed by atoms with Gasteiger partial charge in [-0.3, -0.25) is 4.79 Å². The van der Waals surface area contributed by atoms with Gasteiger partial charge in [-0.1, -0.05) is 19.8 Å². The Bertz CT molecular complexity index is 200. The molecule has 1 heterocycles. The van der Waals surface area contributed by atoms with Gasteiger partial charge in [0.1, 0.15) is 0 Å². The van der Waals surface area contributed by atoms with Crippen LogP contribution in [0.15, 0.2) is 0 Å². The van der Waals surface area contributed by atoms with Crippen LogP contribution in [0.25, 0.3) is 0 Å². The van der Waals surface area contributed by atoms with E-state index in [1.807, 2.05) is 4.90 Å². The van der Waals surface area contributed by atoms with Crippen LogP contribution in [0, 0.1) is 0 Å². The average molecular weight is 226 g/mol. The van der Waals surface area contributed by atoms with Crippen LogP contribution in [0.5, 0.6) is 0 Å². The number of amides is 1. The molecule has 16 heavy (non-hydrogen) atoms. The highest BCUT2D eigenvalue weighted by Gasteiger charge is 2.19. The number of rotatable bonds is 7. The van der Waals surface area contributed by atoms with E-state index in [2.05, 4.69) is 19.2 Å². The molecule has 0 aromatic heterocycles. The third-order valence-corrected chi connectivity index (χ3v) is 3.33. The molecule has 1 amide bonds. The lowest BCUT2D eigenvalue weighted by Gasteiger charge is -2.24. The van der Waals surface area contributed by atoms with Gasteiger partial charge in [0.05, 0.1) is 0 Å². The van der Waals surface area contributed by atoms with Gasteiger partial charge in [-0.15, -0.1) is 0 Å². The summed E-state index contributed by atoms with van der Waals surface area (Å²) in [6, 6.07) is 0.537. The number of nitrogens with one attached hydrogen (secondary N) is 1. The minimum absolute atomic E-state index is 0.338. The highest BCUT2D eigenvalue weighted by Crippen LogP contribution is 2.09. The second-order valence-corrected chi connectivity index (χ2v) is 4.68. The molecule has 0 saturated carbocycles. The molecule has 0 aromatic carbocycles. The molecule has 1 atom stereocenters.